The summed E-state index contributed by atoms with van der Waals surface area (Å²) < 4.78 is 0. The van der Waals surface area contributed by atoms with Gasteiger partial charge in [0.2, 0.25) is 0 Å². The fourth-order valence-electron chi connectivity index (χ4n) is 0.762. The Morgan fingerprint density at radius 2 is 2.08 bits per heavy atom. The molecule has 0 saturated heterocycles. The van der Waals surface area contributed by atoms with Gasteiger partial charge in [-0.2, -0.15) is 5.48 Å². The summed E-state index contributed by atoms with van der Waals surface area (Å²) in [5, 5.41) is 0. The smallest absolute Gasteiger partial charge is 0.144 e. The Balaban J connectivity index is 2.13. The molecule has 1 heterocycles. The van der Waals surface area contributed by atoms with Crippen LogP contribution in [0.25, 0.3) is 0 Å². The Morgan fingerprint density at radius 1 is 1.38 bits per heavy atom. The van der Waals surface area contributed by atoms with Gasteiger partial charge in [0.15, 0.2) is 0 Å². The topological polar surface area (TPSA) is 47.0 Å². The summed E-state index contributed by atoms with van der Waals surface area (Å²) in [6.45, 7) is 5.45. The average Bonchev–Trinajstić information content (AvgIpc) is 2.14. The lowest BCUT2D eigenvalue weighted by Crippen LogP contribution is -2.18. The van der Waals surface area contributed by atoms with Gasteiger partial charge in [-0.15, -0.1) is 0 Å². The number of rotatable bonds is 5. The Morgan fingerprint density at radius 3 is 2.69 bits per heavy atom. The molecule has 0 amide bonds. The van der Waals surface area contributed by atoms with E-state index in [2.05, 4.69) is 29.3 Å². The molecular weight excluding hydrogens is 166 g/mol. The van der Waals surface area contributed by atoms with Crippen molar-refractivity contribution in [3.8, 4) is 0 Å². The minimum atomic E-state index is 0.532. The molecule has 0 aliphatic heterocycles. The molecule has 0 aliphatic carbocycles. The van der Waals surface area contributed by atoms with Crippen molar-refractivity contribution in [2.45, 2.75) is 20.4 Å². The van der Waals surface area contributed by atoms with Crippen LogP contribution >= 0.6 is 0 Å². The Kier molecular flexibility index (Phi) is 4.35. The molecule has 4 heteroatoms. The molecule has 0 atom stereocenters. The van der Waals surface area contributed by atoms with Crippen LogP contribution in [-0.4, -0.2) is 16.6 Å². The highest BCUT2D eigenvalue weighted by Crippen LogP contribution is 1.91. The fourth-order valence-corrected chi connectivity index (χ4v) is 0.762. The van der Waals surface area contributed by atoms with E-state index >= 15 is 0 Å². The molecule has 0 aromatic carbocycles. The van der Waals surface area contributed by atoms with Gasteiger partial charge < -0.3 is 4.84 Å². The first kappa shape index (κ1) is 10.1. The molecule has 1 N–H and O–H groups in total. The van der Waals surface area contributed by atoms with Gasteiger partial charge in [-0.25, -0.2) is 9.97 Å². The molecule has 0 aliphatic rings. The molecule has 72 valence electrons. The van der Waals surface area contributed by atoms with Crippen molar-refractivity contribution < 1.29 is 4.84 Å². The van der Waals surface area contributed by atoms with Gasteiger partial charge in [0.05, 0.1) is 13.2 Å². The van der Waals surface area contributed by atoms with Gasteiger partial charge in [-0.3, -0.25) is 0 Å². The second-order valence-electron chi connectivity index (χ2n) is 3.19. The first-order valence-electron chi connectivity index (χ1n) is 4.39. The standard InChI is InChI=1S/C9H15N3O/c1-8(2)7-13-12-6-9-10-4-3-5-11-9/h3-5,8,12H,6-7H2,1-2H3. The number of hydrogen-bond donors (Lipinski definition) is 1. The molecule has 13 heavy (non-hydrogen) atoms. The van der Waals surface area contributed by atoms with Crippen molar-refractivity contribution in [2.24, 2.45) is 5.92 Å². The fraction of sp³-hybridized carbons (Fsp3) is 0.556. The maximum absolute atomic E-state index is 5.17. The van der Waals surface area contributed by atoms with Crippen molar-refractivity contribution in [1.29, 1.82) is 0 Å². The molecule has 4 nitrogen and oxygen atoms in total. The van der Waals surface area contributed by atoms with E-state index in [1.54, 1.807) is 18.5 Å². The van der Waals surface area contributed by atoms with E-state index in [4.69, 9.17) is 4.84 Å². The minimum Gasteiger partial charge on any atom is -0.301 e. The maximum atomic E-state index is 5.17. The third-order valence-corrected chi connectivity index (χ3v) is 1.37. The normalized spacial score (nSPS) is 10.7. The van der Waals surface area contributed by atoms with Gasteiger partial charge in [0, 0.05) is 12.4 Å². The highest BCUT2D eigenvalue weighted by atomic mass is 16.6. The molecule has 0 radical (unpaired) electrons. The third kappa shape index (κ3) is 4.55. The molecule has 0 saturated carbocycles. The summed E-state index contributed by atoms with van der Waals surface area (Å²) in [6, 6.07) is 1.79. The average molecular weight is 181 g/mol. The molecule has 0 spiro atoms. The van der Waals surface area contributed by atoms with Crippen LogP contribution in [0.5, 0.6) is 0 Å². The first-order valence-corrected chi connectivity index (χ1v) is 4.39. The van der Waals surface area contributed by atoms with Crippen LogP contribution in [0.1, 0.15) is 19.7 Å². The number of hydrogen-bond acceptors (Lipinski definition) is 4. The lowest BCUT2D eigenvalue weighted by atomic mass is 10.2. The largest absolute Gasteiger partial charge is 0.301 e. The molecular formula is C9H15N3O. The second-order valence-corrected chi connectivity index (χ2v) is 3.19. The summed E-state index contributed by atoms with van der Waals surface area (Å²) in [4.78, 5) is 13.3. The van der Waals surface area contributed by atoms with Crippen molar-refractivity contribution in [3.63, 3.8) is 0 Å². The predicted molar refractivity (Wildman–Crippen MR) is 49.7 cm³/mol. The molecule has 1 rings (SSSR count). The van der Waals surface area contributed by atoms with E-state index < -0.39 is 0 Å². The van der Waals surface area contributed by atoms with Gasteiger partial charge in [0.25, 0.3) is 0 Å². The number of nitrogens with zero attached hydrogens (tertiary/aromatic N) is 2. The highest BCUT2D eigenvalue weighted by Gasteiger charge is 1.95. The second kappa shape index (κ2) is 5.61. The third-order valence-electron chi connectivity index (χ3n) is 1.37. The van der Waals surface area contributed by atoms with Gasteiger partial charge in [-0.1, -0.05) is 13.8 Å². The zero-order valence-electron chi connectivity index (χ0n) is 8.03. The van der Waals surface area contributed by atoms with E-state index in [-0.39, 0.29) is 0 Å². The van der Waals surface area contributed by atoms with E-state index in [1.165, 1.54) is 0 Å². The zero-order valence-corrected chi connectivity index (χ0v) is 8.03. The van der Waals surface area contributed by atoms with Crippen LogP contribution in [0, 0.1) is 5.92 Å². The van der Waals surface area contributed by atoms with Crippen LogP contribution in [0.2, 0.25) is 0 Å². The van der Waals surface area contributed by atoms with E-state index in [1.807, 2.05) is 0 Å². The molecule has 1 aromatic heterocycles. The quantitative estimate of drug-likeness (QED) is 0.547. The van der Waals surface area contributed by atoms with Crippen LogP contribution in [0.3, 0.4) is 0 Å². The summed E-state index contributed by atoms with van der Waals surface area (Å²) in [5.41, 5.74) is 2.81. The Labute approximate surface area is 78.3 Å². The lowest BCUT2D eigenvalue weighted by molar-refractivity contribution is 0.0184. The van der Waals surface area contributed by atoms with E-state index in [0.717, 1.165) is 5.82 Å². The minimum absolute atomic E-state index is 0.532. The van der Waals surface area contributed by atoms with Crippen LogP contribution in [0.4, 0.5) is 0 Å². The SMILES string of the molecule is CC(C)CONCc1ncccn1. The van der Waals surface area contributed by atoms with E-state index in [0.29, 0.717) is 19.1 Å². The zero-order chi connectivity index (χ0) is 9.52. The molecule has 0 bridgehead atoms. The van der Waals surface area contributed by atoms with Crippen molar-refractivity contribution in [1.82, 2.24) is 15.4 Å². The Bertz CT molecular complexity index is 226. The van der Waals surface area contributed by atoms with Crippen molar-refractivity contribution >= 4 is 0 Å². The lowest BCUT2D eigenvalue weighted by Gasteiger charge is -2.06. The van der Waals surface area contributed by atoms with Crippen molar-refractivity contribution in [3.05, 3.63) is 24.3 Å². The molecule has 0 unspecified atom stereocenters. The van der Waals surface area contributed by atoms with Crippen LogP contribution < -0.4 is 5.48 Å². The first-order chi connectivity index (χ1) is 6.29. The summed E-state index contributed by atoms with van der Waals surface area (Å²) >= 11 is 0. The van der Waals surface area contributed by atoms with Crippen LogP contribution in [0.15, 0.2) is 18.5 Å². The van der Waals surface area contributed by atoms with Crippen LogP contribution in [-0.2, 0) is 11.4 Å². The van der Waals surface area contributed by atoms with Crippen molar-refractivity contribution in [2.75, 3.05) is 6.61 Å². The Hall–Kier alpha value is -1.00. The number of nitrogens with one attached hydrogen (secondary N) is 1. The summed E-state index contributed by atoms with van der Waals surface area (Å²) in [5.74, 6) is 1.27. The summed E-state index contributed by atoms with van der Waals surface area (Å²) in [7, 11) is 0. The van der Waals surface area contributed by atoms with Gasteiger partial charge in [0.1, 0.15) is 5.82 Å². The number of hydroxylamine groups is 1. The molecule has 1 aromatic rings. The maximum Gasteiger partial charge on any atom is 0.144 e. The van der Waals surface area contributed by atoms with E-state index in [9.17, 15) is 0 Å². The number of aromatic nitrogens is 2. The predicted octanol–water partition coefficient (Wildman–Crippen LogP) is 1.15. The highest BCUT2D eigenvalue weighted by molar-refractivity contribution is 4.86. The van der Waals surface area contributed by atoms with Gasteiger partial charge in [-0.05, 0) is 12.0 Å². The monoisotopic (exact) mass is 181 g/mol. The summed E-state index contributed by atoms with van der Waals surface area (Å²) in [6.07, 6.45) is 3.43. The molecule has 0 fully saturated rings. The van der Waals surface area contributed by atoms with Gasteiger partial charge >= 0.3 is 0 Å².